The van der Waals surface area contributed by atoms with Crippen molar-refractivity contribution in [3.05, 3.63) is 46.3 Å². The van der Waals surface area contributed by atoms with Crippen LogP contribution in [0.1, 0.15) is 28.2 Å². The van der Waals surface area contributed by atoms with Gasteiger partial charge < -0.3 is 10.0 Å². The largest absolute Gasteiger partial charge is 0.477 e. The highest BCUT2D eigenvalue weighted by Crippen LogP contribution is 2.32. The number of rotatable bonds is 5. The molecular weight excluding hydrogens is 260 g/mol. The lowest BCUT2D eigenvalue weighted by Gasteiger charge is -2.23. The summed E-state index contributed by atoms with van der Waals surface area (Å²) < 4.78 is 0. The maximum Gasteiger partial charge on any atom is 0.354 e. The molecule has 1 aliphatic carbocycles. The average molecular weight is 274 g/mol. The van der Waals surface area contributed by atoms with Crippen LogP contribution in [0.5, 0.6) is 0 Å². The van der Waals surface area contributed by atoms with E-state index < -0.39 is 5.97 Å². The van der Waals surface area contributed by atoms with E-state index in [0.29, 0.717) is 6.04 Å². The maximum absolute atomic E-state index is 11.0. The molecule has 1 aliphatic rings. The lowest BCUT2D eigenvalue weighted by Crippen LogP contribution is -2.26. The molecule has 0 radical (unpaired) electrons. The summed E-state index contributed by atoms with van der Waals surface area (Å²) in [6, 6.07) is 9.81. The van der Waals surface area contributed by atoms with Crippen LogP contribution in [-0.2, 0) is 6.54 Å². The maximum atomic E-state index is 11.0. The Balaban J connectivity index is 1.87. The summed E-state index contributed by atoms with van der Waals surface area (Å²) in [4.78, 5) is 18.7. The first-order valence-corrected chi connectivity index (χ1v) is 7.11. The third-order valence-electron chi connectivity index (χ3n) is 3.14. The molecule has 0 unspecified atom stereocenters. The van der Waals surface area contributed by atoms with E-state index in [1.54, 1.807) is 17.4 Å². The standard InChI is InChI=1S/C14H14N2O2S/c17-14(18)12-4-1-5-13(15-12)16(10-6-7-10)9-11-3-2-8-19-11/h1-5,8,10H,6-7,9H2,(H,17,18). The van der Waals surface area contributed by atoms with E-state index >= 15 is 0 Å². The SMILES string of the molecule is O=C(O)c1cccc(N(Cc2cccs2)C2CC2)n1. The highest BCUT2D eigenvalue weighted by atomic mass is 32.1. The third-order valence-corrected chi connectivity index (χ3v) is 4.00. The minimum Gasteiger partial charge on any atom is -0.477 e. The molecule has 98 valence electrons. The average Bonchev–Trinajstić information content (AvgIpc) is 3.13. The summed E-state index contributed by atoms with van der Waals surface area (Å²) in [6.07, 6.45) is 2.31. The number of aromatic carboxylic acids is 1. The first-order valence-electron chi connectivity index (χ1n) is 6.23. The molecule has 0 amide bonds. The molecule has 19 heavy (non-hydrogen) atoms. The van der Waals surface area contributed by atoms with Gasteiger partial charge in [0, 0.05) is 10.9 Å². The van der Waals surface area contributed by atoms with E-state index in [-0.39, 0.29) is 5.69 Å². The molecule has 0 aromatic carbocycles. The van der Waals surface area contributed by atoms with E-state index in [1.807, 2.05) is 12.1 Å². The molecule has 1 saturated carbocycles. The van der Waals surface area contributed by atoms with Crippen LogP contribution in [0.4, 0.5) is 5.82 Å². The van der Waals surface area contributed by atoms with Gasteiger partial charge in [-0.25, -0.2) is 9.78 Å². The number of nitrogens with zero attached hydrogens (tertiary/aromatic N) is 2. The number of hydrogen-bond donors (Lipinski definition) is 1. The van der Waals surface area contributed by atoms with Crippen molar-refractivity contribution in [2.24, 2.45) is 0 Å². The van der Waals surface area contributed by atoms with E-state index in [2.05, 4.69) is 21.3 Å². The summed E-state index contributed by atoms with van der Waals surface area (Å²) in [7, 11) is 0. The summed E-state index contributed by atoms with van der Waals surface area (Å²) >= 11 is 1.72. The van der Waals surface area contributed by atoms with Crippen molar-refractivity contribution < 1.29 is 9.90 Å². The second-order valence-corrected chi connectivity index (χ2v) is 5.66. The van der Waals surface area contributed by atoms with Crippen molar-refractivity contribution in [2.75, 3.05) is 4.90 Å². The molecule has 0 spiro atoms. The fourth-order valence-corrected chi connectivity index (χ4v) is 2.76. The molecule has 1 fully saturated rings. The quantitative estimate of drug-likeness (QED) is 0.910. The number of carboxylic acids is 1. The van der Waals surface area contributed by atoms with Gasteiger partial charge in [0.2, 0.25) is 0 Å². The smallest absolute Gasteiger partial charge is 0.354 e. The molecule has 1 N–H and O–H groups in total. The van der Waals surface area contributed by atoms with Gasteiger partial charge in [0.25, 0.3) is 0 Å². The van der Waals surface area contributed by atoms with Crippen molar-refractivity contribution in [3.63, 3.8) is 0 Å². The minimum atomic E-state index is -0.978. The Morgan fingerprint density at radius 2 is 2.21 bits per heavy atom. The fraction of sp³-hybridized carbons (Fsp3) is 0.286. The molecule has 0 saturated heterocycles. The molecule has 0 bridgehead atoms. The van der Waals surface area contributed by atoms with Crippen LogP contribution >= 0.6 is 11.3 Å². The topological polar surface area (TPSA) is 53.4 Å². The van der Waals surface area contributed by atoms with Crippen LogP contribution in [0, 0.1) is 0 Å². The Labute approximate surface area is 115 Å². The van der Waals surface area contributed by atoms with Crippen LogP contribution in [0.2, 0.25) is 0 Å². The monoisotopic (exact) mass is 274 g/mol. The van der Waals surface area contributed by atoms with Gasteiger partial charge in [-0.05, 0) is 36.4 Å². The van der Waals surface area contributed by atoms with Crippen LogP contribution in [-0.4, -0.2) is 22.1 Å². The number of pyridine rings is 1. The van der Waals surface area contributed by atoms with Crippen molar-refractivity contribution in [1.82, 2.24) is 4.98 Å². The Hall–Kier alpha value is -1.88. The van der Waals surface area contributed by atoms with Crippen molar-refractivity contribution >= 4 is 23.1 Å². The molecule has 5 heteroatoms. The summed E-state index contributed by atoms with van der Waals surface area (Å²) in [5.41, 5.74) is 0.106. The Kier molecular flexibility index (Phi) is 3.21. The minimum absolute atomic E-state index is 0.106. The molecule has 0 atom stereocenters. The number of anilines is 1. The van der Waals surface area contributed by atoms with Gasteiger partial charge in [-0.3, -0.25) is 0 Å². The van der Waals surface area contributed by atoms with Crippen LogP contribution in [0.15, 0.2) is 35.7 Å². The zero-order valence-corrected chi connectivity index (χ0v) is 11.1. The number of thiophene rings is 1. The van der Waals surface area contributed by atoms with E-state index in [0.717, 1.165) is 25.2 Å². The second kappa shape index (κ2) is 5.01. The predicted octanol–water partition coefficient (Wildman–Crippen LogP) is 3.01. The summed E-state index contributed by atoms with van der Waals surface area (Å²) in [5.74, 6) is -0.218. The zero-order chi connectivity index (χ0) is 13.2. The van der Waals surface area contributed by atoms with E-state index in [9.17, 15) is 4.79 Å². The molecule has 2 aromatic heterocycles. The Morgan fingerprint density at radius 1 is 1.37 bits per heavy atom. The number of carboxylic acid groups (broad SMARTS) is 1. The molecule has 2 heterocycles. The van der Waals surface area contributed by atoms with Crippen LogP contribution in [0.25, 0.3) is 0 Å². The van der Waals surface area contributed by atoms with Crippen molar-refractivity contribution in [3.8, 4) is 0 Å². The van der Waals surface area contributed by atoms with Crippen LogP contribution < -0.4 is 4.90 Å². The van der Waals surface area contributed by atoms with Gasteiger partial charge >= 0.3 is 5.97 Å². The molecular formula is C14H14N2O2S. The normalized spacial score (nSPS) is 14.3. The van der Waals surface area contributed by atoms with Gasteiger partial charge in [0.05, 0.1) is 6.54 Å². The number of aromatic nitrogens is 1. The summed E-state index contributed by atoms with van der Waals surface area (Å²) in [6.45, 7) is 0.804. The van der Waals surface area contributed by atoms with Gasteiger partial charge in [-0.15, -0.1) is 11.3 Å². The number of hydrogen-bond acceptors (Lipinski definition) is 4. The third kappa shape index (κ3) is 2.76. The first-order chi connectivity index (χ1) is 9.24. The highest BCUT2D eigenvalue weighted by molar-refractivity contribution is 7.09. The summed E-state index contributed by atoms with van der Waals surface area (Å²) in [5, 5.41) is 11.1. The predicted molar refractivity (Wildman–Crippen MR) is 74.7 cm³/mol. The van der Waals surface area contributed by atoms with Gasteiger partial charge in [0.15, 0.2) is 5.69 Å². The fourth-order valence-electron chi connectivity index (χ4n) is 2.06. The molecule has 0 aliphatic heterocycles. The lowest BCUT2D eigenvalue weighted by atomic mass is 10.3. The number of carbonyl (C=O) groups is 1. The van der Waals surface area contributed by atoms with Crippen molar-refractivity contribution in [1.29, 1.82) is 0 Å². The van der Waals surface area contributed by atoms with E-state index in [4.69, 9.17) is 5.11 Å². The molecule has 2 aromatic rings. The van der Waals surface area contributed by atoms with Gasteiger partial charge in [-0.2, -0.15) is 0 Å². The lowest BCUT2D eigenvalue weighted by molar-refractivity contribution is 0.0690. The van der Waals surface area contributed by atoms with Gasteiger partial charge in [-0.1, -0.05) is 12.1 Å². The van der Waals surface area contributed by atoms with Gasteiger partial charge in [0.1, 0.15) is 5.82 Å². The Bertz CT molecular complexity index is 579. The van der Waals surface area contributed by atoms with Crippen molar-refractivity contribution in [2.45, 2.75) is 25.4 Å². The Morgan fingerprint density at radius 3 is 2.84 bits per heavy atom. The zero-order valence-electron chi connectivity index (χ0n) is 10.3. The molecule has 4 nitrogen and oxygen atoms in total. The van der Waals surface area contributed by atoms with Crippen LogP contribution in [0.3, 0.4) is 0 Å². The molecule has 3 rings (SSSR count). The highest BCUT2D eigenvalue weighted by Gasteiger charge is 2.30. The van der Waals surface area contributed by atoms with E-state index in [1.165, 1.54) is 10.9 Å². The first kappa shape index (κ1) is 12.2. The second-order valence-electron chi connectivity index (χ2n) is 4.62.